The highest BCUT2D eigenvalue weighted by Crippen LogP contribution is 2.24. The normalized spacial score (nSPS) is 14.4. The summed E-state index contributed by atoms with van der Waals surface area (Å²) >= 11 is 1.14. The van der Waals surface area contributed by atoms with Crippen molar-refractivity contribution in [1.29, 1.82) is 0 Å². The van der Waals surface area contributed by atoms with E-state index in [-0.39, 0.29) is 28.7 Å². The van der Waals surface area contributed by atoms with Gasteiger partial charge in [-0.25, -0.2) is 13.4 Å². The molecule has 1 aromatic heterocycles. The summed E-state index contributed by atoms with van der Waals surface area (Å²) < 4.78 is 28.5. The van der Waals surface area contributed by atoms with E-state index in [0.717, 1.165) is 24.6 Å². The molecule has 2 heterocycles. The van der Waals surface area contributed by atoms with Crippen molar-refractivity contribution in [2.24, 2.45) is 0 Å². The Balaban J connectivity index is 1.49. The van der Waals surface area contributed by atoms with Crippen molar-refractivity contribution in [3.63, 3.8) is 0 Å². The van der Waals surface area contributed by atoms with Gasteiger partial charge in [0, 0.05) is 25.3 Å². The summed E-state index contributed by atoms with van der Waals surface area (Å²) in [7, 11) is -3.57. The molecule has 1 saturated heterocycles. The first-order valence-corrected chi connectivity index (χ1v) is 13.0. The van der Waals surface area contributed by atoms with Crippen LogP contribution in [0.5, 0.6) is 0 Å². The molecule has 8 nitrogen and oxygen atoms in total. The highest BCUT2D eigenvalue weighted by atomic mass is 32.2. The number of rotatable bonds is 8. The van der Waals surface area contributed by atoms with E-state index in [1.807, 2.05) is 0 Å². The zero-order chi connectivity index (χ0) is 23.4. The molecule has 1 aliphatic rings. The van der Waals surface area contributed by atoms with E-state index in [1.165, 1.54) is 21.0 Å². The second-order valence-electron chi connectivity index (χ2n) is 7.59. The number of allylic oxidation sites excluding steroid dienone is 1. The summed E-state index contributed by atoms with van der Waals surface area (Å²) in [6.45, 7) is 5.00. The van der Waals surface area contributed by atoms with Gasteiger partial charge >= 0.3 is 0 Å². The Morgan fingerprint density at radius 3 is 2.67 bits per heavy atom. The number of nitrogens with one attached hydrogen (secondary N) is 1. The molecule has 0 radical (unpaired) electrons. The van der Waals surface area contributed by atoms with Crippen molar-refractivity contribution in [3.05, 3.63) is 71.5 Å². The number of carbonyl (C=O) groups excluding carboxylic acids is 1. The van der Waals surface area contributed by atoms with Gasteiger partial charge in [0.2, 0.25) is 15.9 Å². The first kappa shape index (κ1) is 23.2. The fraction of sp³-hybridized carbons (Fsp3) is 0.261. The van der Waals surface area contributed by atoms with Crippen molar-refractivity contribution in [1.82, 2.24) is 13.9 Å². The lowest BCUT2D eigenvalue weighted by Crippen LogP contribution is -2.28. The summed E-state index contributed by atoms with van der Waals surface area (Å²) in [5.41, 5.74) is 0.768. The lowest BCUT2D eigenvalue weighted by atomic mass is 10.2. The molecule has 1 amide bonds. The number of para-hydroxylation sites is 1. The third-order valence-corrected chi connectivity index (χ3v) is 8.16. The smallest absolute Gasteiger partial charge is 0.262 e. The van der Waals surface area contributed by atoms with Crippen LogP contribution in [-0.2, 0) is 21.4 Å². The molecule has 0 unspecified atom stereocenters. The molecule has 10 heteroatoms. The van der Waals surface area contributed by atoms with Gasteiger partial charge in [0.25, 0.3) is 5.56 Å². The number of benzene rings is 2. The number of aromatic nitrogens is 2. The first-order chi connectivity index (χ1) is 15.9. The Morgan fingerprint density at radius 2 is 1.91 bits per heavy atom. The number of sulfonamides is 1. The number of anilines is 1. The third-order valence-electron chi connectivity index (χ3n) is 5.29. The molecule has 0 atom stereocenters. The van der Waals surface area contributed by atoms with Gasteiger partial charge in [-0.05, 0) is 43.2 Å². The van der Waals surface area contributed by atoms with Crippen molar-refractivity contribution >= 4 is 44.3 Å². The monoisotopic (exact) mass is 484 g/mol. The van der Waals surface area contributed by atoms with E-state index >= 15 is 0 Å². The van der Waals surface area contributed by atoms with E-state index < -0.39 is 10.0 Å². The molecule has 0 spiro atoms. The van der Waals surface area contributed by atoms with Crippen molar-refractivity contribution < 1.29 is 13.2 Å². The third kappa shape index (κ3) is 5.02. The van der Waals surface area contributed by atoms with Crippen LogP contribution in [0.3, 0.4) is 0 Å². The number of hydrogen-bond acceptors (Lipinski definition) is 6. The van der Waals surface area contributed by atoms with E-state index in [2.05, 4.69) is 16.9 Å². The molecular formula is C23H24N4O4S2. The number of amides is 1. The molecule has 0 saturated carbocycles. The van der Waals surface area contributed by atoms with Gasteiger partial charge in [0.05, 0.1) is 21.6 Å². The Bertz CT molecular complexity index is 1360. The minimum absolute atomic E-state index is 0.00499. The standard InChI is InChI=1S/C23H24N4O4S2/c1-2-12-27-22(29)19-10-3-4-11-20(19)25-23(27)32-16-21(28)24-17-8-7-9-18(15-17)33(30,31)26-13-5-6-14-26/h2-4,7-11,15H,1,5-6,12-14,16H2,(H,24,28). The van der Waals surface area contributed by atoms with Gasteiger partial charge < -0.3 is 5.32 Å². The quantitative estimate of drug-likeness (QED) is 0.300. The Labute approximate surface area is 196 Å². The van der Waals surface area contributed by atoms with Crippen LogP contribution >= 0.6 is 11.8 Å². The number of hydrogen-bond donors (Lipinski definition) is 1. The maximum Gasteiger partial charge on any atom is 0.262 e. The van der Waals surface area contributed by atoms with Crippen molar-refractivity contribution in [2.45, 2.75) is 29.4 Å². The van der Waals surface area contributed by atoms with Crippen LogP contribution in [0.2, 0.25) is 0 Å². The van der Waals surface area contributed by atoms with Crippen molar-refractivity contribution in [2.75, 3.05) is 24.2 Å². The molecule has 1 N–H and O–H groups in total. The molecule has 0 aliphatic carbocycles. The topological polar surface area (TPSA) is 101 Å². The molecule has 0 bridgehead atoms. The molecule has 172 valence electrons. The molecule has 1 fully saturated rings. The Morgan fingerprint density at radius 1 is 1.15 bits per heavy atom. The predicted octanol–water partition coefficient (Wildman–Crippen LogP) is 3.10. The summed E-state index contributed by atoms with van der Waals surface area (Å²) in [4.78, 5) is 30.1. The summed E-state index contributed by atoms with van der Waals surface area (Å²) in [6, 6.07) is 13.3. The van der Waals surface area contributed by atoms with E-state index in [4.69, 9.17) is 0 Å². The van der Waals surface area contributed by atoms with E-state index in [0.29, 0.717) is 34.8 Å². The van der Waals surface area contributed by atoms with Crippen LogP contribution in [0.1, 0.15) is 12.8 Å². The zero-order valence-electron chi connectivity index (χ0n) is 17.9. The average molecular weight is 485 g/mol. The number of fused-ring (bicyclic) bond motifs is 1. The Hall–Kier alpha value is -2.95. The molecule has 33 heavy (non-hydrogen) atoms. The minimum atomic E-state index is -3.57. The van der Waals surface area contributed by atoms with Gasteiger partial charge in [-0.15, -0.1) is 6.58 Å². The summed E-state index contributed by atoms with van der Waals surface area (Å²) in [5.74, 6) is -0.325. The SMILES string of the molecule is C=CCn1c(SCC(=O)Nc2cccc(S(=O)(=O)N3CCCC3)c2)nc2ccccc2c1=O. The first-order valence-electron chi connectivity index (χ1n) is 10.5. The Kier molecular flexibility index (Phi) is 6.96. The number of nitrogens with zero attached hydrogens (tertiary/aromatic N) is 3. The lowest BCUT2D eigenvalue weighted by molar-refractivity contribution is -0.113. The van der Waals surface area contributed by atoms with Crippen molar-refractivity contribution in [3.8, 4) is 0 Å². The van der Waals surface area contributed by atoms with Crippen LogP contribution in [0.25, 0.3) is 10.9 Å². The maximum atomic E-state index is 12.8. The van der Waals surface area contributed by atoms with Gasteiger partial charge in [-0.3, -0.25) is 14.2 Å². The van der Waals surface area contributed by atoms with Crippen LogP contribution < -0.4 is 10.9 Å². The second kappa shape index (κ2) is 9.90. The number of thioether (sulfide) groups is 1. The van der Waals surface area contributed by atoms with Gasteiger partial charge in [0.15, 0.2) is 5.16 Å². The maximum absolute atomic E-state index is 12.8. The van der Waals surface area contributed by atoms with E-state index in [1.54, 1.807) is 42.5 Å². The average Bonchev–Trinajstić information content (AvgIpc) is 3.36. The zero-order valence-corrected chi connectivity index (χ0v) is 19.6. The van der Waals surface area contributed by atoms with Gasteiger partial charge in [-0.2, -0.15) is 4.31 Å². The van der Waals surface area contributed by atoms with Crippen LogP contribution in [0.4, 0.5) is 5.69 Å². The van der Waals surface area contributed by atoms with E-state index in [9.17, 15) is 18.0 Å². The predicted molar refractivity (Wildman–Crippen MR) is 130 cm³/mol. The van der Waals surface area contributed by atoms with Gasteiger partial charge in [-0.1, -0.05) is 36.0 Å². The molecule has 1 aliphatic heterocycles. The fourth-order valence-corrected chi connectivity index (χ4v) is 6.06. The molecule has 4 rings (SSSR count). The number of carbonyl (C=O) groups is 1. The lowest BCUT2D eigenvalue weighted by Gasteiger charge is -2.16. The largest absolute Gasteiger partial charge is 0.325 e. The summed E-state index contributed by atoms with van der Waals surface area (Å²) in [5, 5.41) is 3.66. The molecule has 2 aromatic carbocycles. The van der Waals surface area contributed by atoms with Crippen LogP contribution in [0.15, 0.2) is 76.0 Å². The molecule has 3 aromatic rings. The summed E-state index contributed by atoms with van der Waals surface area (Å²) in [6.07, 6.45) is 3.31. The van der Waals surface area contributed by atoms with Crippen LogP contribution in [0, 0.1) is 0 Å². The molecular weight excluding hydrogens is 460 g/mol. The second-order valence-corrected chi connectivity index (χ2v) is 10.5. The van der Waals surface area contributed by atoms with Crippen LogP contribution in [-0.4, -0.2) is 47.0 Å². The van der Waals surface area contributed by atoms with Gasteiger partial charge in [0.1, 0.15) is 0 Å². The minimum Gasteiger partial charge on any atom is -0.325 e. The highest BCUT2D eigenvalue weighted by molar-refractivity contribution is 7.99. The highest BCUT2D eigenvalue weighted by Gasteiger charge is 2.27. The fourth-order valence-electron chi connectivity index (χ4n) is 3.69.